The van der Waals surface area contributed by atoms with Crippen LogP contribution in [0.4, 0.5) is 0 Å². The zero-order valence-corrected chi connectivity index (χ0v) is 18.9. The normalized spacial score (nSPS) is 17.1. The third kappa shape index (κ3) is 4.96. The number of para-hydroxylation sites is 1. The summed E-state index contributed by atoms with van der Waals surface area (Å²) >= 11 is 0. The Morgan fingerprint density at radius 1 is 1.10 bits per heavy atom. The zero-order valence-electron chi connectivity index (χ0n) is 18.9. The molecule has 31 heavy (non-hydrogen) atoms. The van der Waals surface area contributed by atoms with Crippen LogP contribution in [0.5, 0.6) is 0 Å². The molecule has 2 heterocycles. The van der Waals surface area contributed by atoms with E-state index in [9.17, 15) is 4.79 Å². The summed E-state index contributed by atoms with van der Waals surface area (Å²) in [5.41, 5.74) is 5.92. The summed E-state index contributed by atoms with van der Waals surface area (Å²) < 4.78 is 0. The van der Waals surface area contributed by atoms with Crippen LogP contribution >= 0.6 is 0 Å². The van der Waals surface area contributed by atoms with E-state index < -0.39 is 0 Å². The number of aryl methyl sites for hydroxylation is 2. The second kappa shape index (κ2) is 9.61. The molecule has 3 aromatic rings. The minimum absolute atomic E-state index is 0.0182. The molecule has 4 heteroatoms. The van der Waals surface area contributed by atoms with Crippen molar-refractivity contribution in [1.82, 2.24) is 15.2 Å². The number of nitrogens with zero attached hydrogens (tertiary/aromatic N) is 2. The summed E-state index contributed by atoms with van der Waals surface area (Å²) in [6.07, 6.45) is 4.90. The average molecular weight is 416 g/mol. The van der Waals surface area contributed by atoms with E-state index in [0.29, 0.717) is 18.2 Å². The molecular formula is C27H33N3O. The highest BCUT2D eigenvalue weighted by Gasteiger charge is 2.18. The lowest BCUT2D eigenvalue weighted by molar-refractivity contribution is 0.0950. The van der Waals surface area contributed by atoms with Crippen molar-refractivity contribution in [2.75, 3.05) is 19.6 Å². The largest absolute Gasteiger partial charge is 0.352 e. The molecule has 0 spiro atoms. The highest BCUT2D eigenvalue weighted by molar-refractivity contribution is 6.07. The molecule has 1 saturated heterocycles. The van der Waals surface area contributed by atoms with E-state index in [4.69, 9.17) is 4.98 Å². The molecule has 2 aromatic carbocycles. The topological polar surface area (TPSA) is 45.2 Å². The standard InChI is InChI=1S/C27H33N3O/c1-19-12-13-22(17-20(19)2)26-18-24(23-10-4-5-11-25(23)29-26)27(31)28-14-8-16-30-15-7-6-9-21(30)3/h4-5,10-13,17-18,21H,6-9,14-16H2,1-3H3,(H,28,31)/t21-/m0/s1. The van der Waals surface area contributed by atoms with Crippen LogP contribution in [-0.4, -0.2) is 41.5 Å². The van der Waals surface area contributed by atoms with Gasteiger partial charge in [-0.15, -0.1) is 0 Å². The number of carbonyl (C=O) groups is 1. The van der Waals surface area contributed by atoms with E-state index in [1.165, 1.54) is 36.9 Å². The maximum absolute atomic E-state index is 13.1. The molecule has 0 aliphatic carbocycles. The predicted molar refractivity (Wildman–Crippen MR) is 128 cm³/mol. The lowest BCUT2D eigenvalue weighted by Crippen LogP contribution is -2.39. The smallest absolute Gasteiger partial charge is 0.252 e. The highest BCUT2D eigenvalue weighted by Crippen LogP contribution is 2.26. The minimum atomic E-state index is -0.0182. The first-order chi connectivity index (χ1) is 15.0. The molecule has 162 valence electrons. The molecule has 0 radical (unpaired) electrons. The number of hydrogen-bond acceptors (Lipinski definition) is 3. The molecule has 1 N–H and O–H groups in total. The van der Waals surface area contributed by atoms with Crippen molar-refractivity contribution in [1.29, 1.82) is 0 Å². The van der Waals surface area contributed by atoms with E-state index in [-0.39, 0.29) is 5.91 Å². The van der Waals surface area contributed by atoms with Gasteiger partial charge >= 0.3 is 0 Å². The van der Waals surface area contributed by atoms with Gasteiger partial charge in [0, 0.05) is 30.1 Å². The summed E-state index contributed by atoms with van der Waals surface area (Å²) in [5, 5.41) is 4.05. The molecule has 0 saturated carbocycles. The molecule has 1 fully saturated rings. The minimum Gasteiger partial charge on any atom is -0.352 e. The number of carbonyl (C=O) groups excluding carboxylic acids is 1. The van der Waals surface area contributed by atoms with Crippen LogP contribution in [0.2, 0.25) is 0 Å². The molecule has 1 atom stereocenters. The van der Waals surface area contributed by atoms with E-state index >= 15 is 0 Å². The van der Waals surface area contributed by atoms with Crippen molar-refractivity contribution in [3.63, 3.8) is 0 Å². The molecule has 0 bridgehead atoms. The third-order valence-corrected chi connectivity index (χ3v) is 6.61. The number of aromatic nitrogens is 1. The van der Waals surface area contributed by atoms with Gasteiger partial charge in [-0.05, 0) is 75.9 Å². The van der Waals surface area contributed by atoms with E-state index in [1.807, 2.05) is 30.3 Å². The van der Waals surface area contributed by atoms with Crippen molar-refractivity contribution >= 4 is 16.8 Å². The summed E-state index contributed by atoms with van der Waals surface area (Å²) in [4.78, 5) is 20.5. The summed E-state index contributed by atoms with van der Waals surface area (Å²) in [7, 11) is 0. The molecule has 4 rings (SSSR count). The zero-order chi connectivity index (χ0) is 21.8. The van der Waals surface area contributed by atoms with Crippen molar-refractivity contribution < 1.29 is 4.79 Å². The summed E-state index contributed by atoms with van der Waals surface area (Å²) in [6, 6.07) is 16.8. The second-order valence-electron chi connectivity index (χ2n) is 8.86. The molecule has 0 unspecified atom stereocenters. The highest BCUT2D eigenvalue weighted by atomic mass is 16.1. The van der Waals surface area contributed by atoms with E-state index in [0.717, 1.165) is 35.1 Å². The van der Waals surface area contributed by atoms with Crippen LogP contribution in [0.15, 0.2) is 48.5 Å². The van der Waals surface area contributed by atoms with Gasteiger partial charge in [-0.3, -0.25) is 4.79 Å². The molecule has 1 aliphatic rings. The van der Waals surface area contributed by atoms with Gasteiger partial charge in [0.1, 0.15) is 0 Å². The number of fused-ring (bicyclic) bond motifs is 1. The Morgan fingerprint density at radius 3 is 2.74 bits per heavy atom. The lowest BCUT2D eigenvalue weighted by Gasteiger charge is -2.33. The lowest BCUT2D eigenvalue weighted by atomic mass is 10.0. The monoisotopic (exact) mass is 415 g/mol. The number of amides is 1. The number of rotatable bonds is 6. The van der Waals surface area contributed by atoms with Crippen molar-refractivity contribution in [3.05, 3.63) is 65.2 Å². The van der Waals surface area contributed by atoms with Gasteiger partial charge in [0.05, 0.1) is 16.8 Å². The molecule has 4 nitrogen and oxygen atoms in total. The van der Waals surface area contributed by atoms with Gasteiger partial charge in [-0.25, -0.2) is 4.98 Å². The summed E-state index contributed by atoms with van der Waals surface area (Å²) in [6.45, 7) is 9.45. The quantitative estimate of drug-likeness (QED) is 0.540. The fourth-order valence-electron chi connectivity index (χ4n) is 4.48. The number of hydrogen-bond donors (Lipinski definition) is 1. The van der Waals surface area contributed by atoms with Gasteiger partial charge in [0.25, 0.3) is 5.91 Å². The molecule has 1 aliphatic heterocycles. The average Bonchev–Trinajstić information content (AvgIpc) is 2.78. The van der Waals surface area contributed by atoms with Crippen molar-refractivity contribution in [3.8, 4) is 11.3 Å². The van der Waals surface area contributed by atoms with Gasteiger partial charge < -0.3 is 10.2 Å². The number of likely N-dealkylation sites (tertiary alicyclic amines) is 1. The third-order valence-electron chi connectivity index (χ3n) is 6.61. The first-order valence-corrected chi connectivity index (χ1v) is 11.5. The van der Waals surface area contributed by atoms with Crippen LogP contribution in [0.25, 0.3) is 22.2 Å². The number of benzene rings is 2. The first kappa shape index (κ1) is 21.5. The number of nitrogens with one attached hydrogen (secondary N) is 1. The van der Waals surface area contributed by atoms with Crippen LogP contribution < -0.4 is 5.32 Å². The van der Waals surface area contributed by atoms with E-state index in [1.54, 1.807) is 0 Å². The Balaban J connectivity index is 1.51. The number of pyridine rings is 1. The molecule has 1 amide bonds. The van der Waals surface area contributed by atoms with Gasteiger partial charge in [-0.2, -0.15) is 0 Å². The van der Waals surface area contributed by atoms with Crippen LogP contribution in [0.1, 0.15) is 54.1 Å². The van der Waals surface area contributed by atoms with Gasteiger partial charge in [0.15, 0.2) is 0 Å². The van der Waals surface area contributed by atoms with E-state index in [2.05, 4.69) is 49.2 Å². The Kier molecular flexibility index (Phi) is 6.67. The predicted octanol–water partition coefficient (Wildman–Crippen LogP) is 5.51. The number of piperidine rings is 1. The van der Waals surface area contributed by atoms with Crippen LogP contribution in [-0.2, 0) is 0 Å². The van der Waals surface area contributed by atoms with Crippen molar-refractivity contribution in [2.24, 2.45) is 0 Å². The Labute approximate surface area is 185 Å². The summed E-state index contributed by atoms with van der Waals surface area (Å²) in [5.74, 6) is -0.0182. The Morgan fingerprint density at radius 2 is 1.94 bits per heavy atom. The molecular weight excluding hydrogens is 382 g/mol. The first-order valence-electron chi connectivity index (χ1n) is 11.5. The second-order valence-corrected chi connectivity index (χ2v) is 8.86. The maximum atomic E-state index is 13.1. The Hall–Kier alpha value is -2.72. The fourth-order valence-corrected chi connectivity index (χ4v) is 4.48. The fraction of sp³-hybridized carbons (Fsp3) is 0.407. The van der Waals surface area contributed by atoms with Gasteiger partial charge in [-0.1, -0.05) is 36.8 Å². The molecule has 1 aromatic heterocycles. The van der Waals surface area contributed by atoms with Crippen LogP contribution in [0.3, 0.4) is 0 Å². The maximum Gasteiger partial charge on any atom is 0.252 e. The Bertz CT molecular complexity index is 1080. The van der Waals surface area contributed by atoms with Gasteiger partial charge in [0.2, 0.25) is 0 Å². The van der Waals surface area contributed by atoms with Crippen LogP contribution in [0, 0.1) is 13.8 Å². The van der Waals surface area contributed by atoms with Crippen molar-refractivity contribution in [2.45, 2.75) is 52.5 Å². The SMILES string of the molecule is Cc1ccc(-c2cc(C(=O)NCCCN3CCCC[C@@H]3C)c3ccccc3n2)cc1C.